The molecule has 11 heavy (non-hydrogen) atoms. The van der Waals surface area contributed by atoms with Crippen molar-refractivity contribution in [2.75, 3.05) is 0 Å². The van der Waals surface area contributed by atoms with Crippen LogP contribution in [0.25, 0.3) is 0 Å². The van der Waals surface area contributed by atoms with E-state index in [1.54, 1.807) is 0 Å². The van der Waals surface area contributed by atoms with E-state index in [4.69, 9.17) is 0 Å². The maximum atomic E-state index is 10.1. The Morgan fingerprint density at radius 3 is 2.64 bits per heavy atom. The van der Waals surface area contributed by atoms with Gasteiger partial charge in [-0.2, -0.15) is 0 Å². The average molecular weight is 357 g/mol. The van der Waals surface area contributed by atoms with Gasteiger partial charge in [-0.25, -0.2) is 0 Å². The van der Waals surface area contributed by atoms with E-state index >= 15 is 0 Å². The van der Waals surface area contributed by atoms with E-state index in [2.05, 4.69) is 15.0 Å². The van der Waals surface area contributed by atoms with Crippen molar-refractivity contribution in [2.24, 2.45) is 0 Å². The zero-order chi connectivity index (χ0) is 8.69. The summed E-state index contributed by atoms with van der Waals surface area (Å²) in [6, 6.07) is 0. The van der Waals surface area contributed by atoms with Crippen molar-refractivity contribution in [3.8, 4) is 0 Å². The van der Waals surface area contributed by atoms with E-state index in [9.17, 15) is 10.1 Å². The summed E-state index contributed by atoms with van der Waals surface area (Å²) in [7, 11) is 0. The summed E-state index contributed by atoms with van der Waals surface area (Å²) in [6.45, 7) is 2.54. The Hall–Kier alpha value is -0.378. The molecule has 0 atom stereocenters. The molecule has 0 unspecified atom stereocenters. The summed E-state index contributed by atoms with van der Waals surface area (Å²) < 4.78 is 12.4. The summed E-state index contributed by atoms with van der Waals surface area (Å²) in [5.41, 5.74) is 0. The molecule has 0 rings (SSSR count). The van der Waals surface area contributed by atoms with Crippen LogP contribution in [0.3, 0.4) is 0 Å². The minimum absolute atomic E-state index is 0.125. The number of rotatable bonds is 3. The Balaban J connectivity index is 3.21. The van der Waals surface area contributed by atoms with Crippen LogP contribution < -0.4 is 5.26 Å². The first-order chi connectivity index (χ1) is 5.16. The molecule has 2 radical (unpaired) electrons. The number of hydrogen-bond donors (Lipinski definition) is 0. The van der Waals surface area contributed by atoms with Crippen LogP contribution >= 0.6 is 0 Å². The molecule has 0 aliphatic carbocycles. The van der Waals surface area contributed by atoms with Gasteiger partial charge in [-0.3, -0.25) is 0 Å². The quantitative estimate of drug-likeness (QED) is 0.200. The predicted octanol–water partition coefficient (Wildman–Crippen LogP) is -1.61. The molecule has 62 valence electrons. The third-order valence-electron chi connectivity index (χ3n) is 0.496. The first kappa shape index (κ1) is 10.6. The summed E-state index contributed by atoms with van der Waals surface area (Å²) in [5, 5.41) is 9.56. The van der Waals surface area contributed by atoms with E-state index in [0.717, 1.165) is 0 Å². The monoisotopic (exact) mass is 358 g/mol. The van der Waals surface area contributed by atoms with Gasteiger partial charge in [-0.1, -0.05) is 0 Å². The van der Waals surface area contributed by atoms with Crippen LogP contribution in [0.1, 0.15) is 13.8 Å². The van der Waals surface area contributed by atoms with Gasteiger partial charge in [0.05, 0.1) is 0 Å². The molecule has 0 saturated carbocycles. The van der Waals surface area contributed by atoms with Crippen molar-refractivity contribution in [2.45, 2.75) is 13.8 Å². The molecule has 6 nitrogen and oxygen atoms in total. The van der Waals surface area contributed by atoms with E-state index in [1.807, 2.05) is 0 Å². The summed E-state index contributed by atoms with van der Waals surface area (Å²) in [5.74, 6) is -0.678. The molecule has 0 aromatic rings. The third-order valence-corrected chi connectivity index (χ3v) is 2.53. The minimum atomic E-state index is -1.95. The second-order valence-electron chi connectivity index (χ2n) is 1.42. The van der Waals surface area contributed by atoms with Crippen LogP contribution in [0.5, 0.6) is 0 Å². The molecule has 0 aliphatic rings. The molecule has 0 aromatic heterocycles. The Morgan fingerprint density at radius 1 is 1.55 bits per heavy atom. The average Bonchev–Trinajstić information content (AvgIpc) is 1.97. The van der Waals surface area contributed by atoms with E-state index in [0.29, 0.717) is 0 Å². The maximum absolute atomic E-state index is 10.1. The molecular weight excluding hydrogens is 351 g/mol. The summed E-state index contributed by atoms with van der Waals surface area (Å²) in [6.07, 6.45) is 0. The molecular formula is C4H6O6Pb. The van der Waals surface area contributed by atoms with Crippen molar-refractivity contribution in [3.05, 3.63) is 0 Å². The van der Waals surface area contributed by atoms with Gasteiger partial charge in [0.2, 0.25) is 0 Å². The Bertz CT molecular complexity index is 155. The zero-order valence-corrected chi connectivity index (χ0v) is 9.84. The van der Waals surface area contributed by atoms with Crippen LogP contribution in [0.4, 0.5) is 0 Å². The predicted molar refractivity (Wildman–Crippen MR) is 30.4 cm³/mol. The molecule has 0 heterocycles. The van der Waals surface area contributed by atoms with Crippen molar-refractivity contribution < 1.29 is 25.0 Å². The van der Waals surface area contributed by atoms with Crippen LogP contribution in [-0.4, -0.2) is 37.1 Å². The van der Waals surface area contributed by atoms with Crippen LogP contribution in [0, 0.1) is 0 Å². The molecule has 0 saturated heterocycles. The van der Waals surface area contributed by atoms with Crippen molar-refractivity contribution in [1.82, 2.24) is 0 Å². The zero-order valence-electron chi connectivity index (χ0n) is 5.95. The number of carbonyl (C=O) groups is 1. The van der Waals surface area contributed by atoms with Crippen LogP contribution in [0.15, 0.2) is 0 Å². The molecule has 0 N–H and O–H groups in total. The Labute approximate surface area is 76.1 Å². The van der Waals surface area contributed by atoms with Gasteiger partial charge in [0.15, 0.2) is 0 Å². The molecule has 0 spiro atoms. The fourth-order valence-corrected chi connectivity index (χ4v) is 1.48. The second-order valence-corrected chi connectivity index (χ2v) is 3.51. The molecule has 0 bridgehead atoms. The van der Waals surface area contributed by atoms with Gasteiger partial charge >= 0.3 is 76.0 Å². The van der Waals surface area contributed by atoms with Crippen LogP contribution in [-0.2, 0) is 19.8 Å². The van der Waals surface area contributed by atoms with E-state index in [-0.39, 0.29) is 5.97 Å². The first-order valence-corrected chi connectivity index (χ1v) is 5.73. The van der Waals surface area contributed by atoms with Crippen molar-refractivity contribution in [1.29, 1.82) is 0 Å². The number of hydrogen-bond acceptors (Lipinski definition) is 5. The summed E-state index contributed by atoms with van der Waals surface area (Å²) >= 11 is -1.95. The number of carbonyl (C=O) groups excluding carboxylic acids is 2. The topological polar surface area (TPSA) is 79.1 Å². The van der Waals surface area contributed by atoms with Gasteiger partial charge in [0.25, 0.3) is 0 Å². The molecule has 0 fully saturated rings. The first-order valence-electron chi connectivity index (χ1n) is 2.56. The van der Waals surface area contributed by atoms with Crippen molar-refractivity contribution in [3.63, 3.8) is 0 Å². The van der Waals surface area contributed by atoms with Gasteiger partial charge in [-0.15, -0.1) is 0 Å². The Morgan fingerprint density at radius 2 is 2.18 bits per heavy atom. The Kier molecular flexibility index (Phi) is 6.12. The summed E-state index contributed by atoms with van der Waals surface area (Å²) in [4.78, 5) is 14.2. The van der Waals surface area contributed by atoms with Gasteiger partial charge < -0.3 is 0 Å². The normalized spacial score (nSPS) is 10.9. The fourth-order valence-electron chi connectivity index (χ4n) is 0.168. The third kappa shape index (κ3) is 7.52. The van der Waals surface area contributed by atoms with E-state index < -0.39 is 31.1 Å². The van der Waals surface area contributed by atoms with Crippen molar-refractivity contribution >= 4 is 37.1 Å². The van der Waals surface area contributed by atoms with Crippen LogP contribution in [0.2, 0.25) is 0 Å². The standard InChI is InChI=1S/2C2H4O3.Pb/c2*1-2(3)5-4;/h4H,1H3;3H,1H3;/q;;+2/p-2. The van der Waals surface area contributed by atoms with Gasteiger partial charge in [0.1, 0.15) is 0 Å². The molecule has 0 aromatic carbocycles. The van der Waals surface area contributed by atoms with Gasteiger partial charge in [0, 0.05) is 0 Å². The SMILES string of the molecule is CC(=O)O[O][Pb][O]C(C)=[O+][O-]. The van der Waals surface area contributed by atoms with Gasteiger partial charge in [-0.05, 0) is 0 Å². The fraction of sp³-hybridized carbons (Fsp3) is 0.500. The molecule has 0 aliphatic heterocycles. The van der Waals surface area contributed by atoms with E-state index in [1.165, 1.54) is 13.8 Å². The second kappa shape index (κ2) is 6.34. The molecule has 0 amide bonds. The molecule has 7 heteroatoms.